The number of nitrogens with zero attached hydrogens (tertiary/aromatic N) is 4. The van der Waals surface area contributed by atoms with E-state index in [2.05, 4.69) is 52.9 Å². The first kappa shape index (κ1) is 17.5. The number of aromatic nitrogens is 3. The lowest BCUT2D eigenvalue weighted by Crippen LogP contribution is -2.31. The lowest BCUT2D eigenvalue weighted by atomic mass is 10.1. The van der Waals surface area contributed by atoms with Gasteiger partial charge in [0.25, 0.3) is 0 Å². The molecule has 0 fully saturated rings. The smallest absolute Gasteiger partial charge is 0.233 e. The van der Waals surface area contributed by atoms with Gasteiger partial charge in [0, 0.05) is 25.2 Å². The number of benzene rings is 1. The second kappa shape index (κ2) is 8.15. The molecule has 0 saturated carbocycles. The van der Waals surface area contributed by atoms with Crippen LogP contribution in [0.25, 0.3) is 11.4 Å². The van der Waals surface area contributed by atoms with Crippen molar-refractivity contribution in [3.05, 3.63) is 29.8 Å². The zero-order valence-electron chi connectivity index (χ0n) is 14.2. The molecule has 2 rings (SSSR count). The summed E-state index contributed by atoms with van der Waals surface area (Å²) in [7, 11) is 0. The van der Waals surface area contributed by atoms with Gasteiger partial charge < -0.3 is 9.47 Å². The summed E-state index contributed by atoms with van der Waals surface area (Å²) in [6, 6.07) is 8.25. The molecule has 0 spiro atoms. The van der Waals surface area contributed by atoms with Gasteiger partial charge in [-0.25, -0.2) is 0 Å². The molecule has 1 aromatic carbocycles. The van der Waals surface area contributed by atoms with Gasteiger partial charge in [0.05, 0.1) is 5.75 Å². The molecule has 5 nitrogen and oxygen atoms in total. The summed E-state index contributed by atoms with van der Waals surface area (Å²) in [5.41, 5.74) is 2.27. The van der Waals surface area contributed by atoms with Crippen molar-refractivity contribution in [2.75, 3.05) is 18.8 Å². The molecule has 0 atom stereocenters. The quantitative estimate of drug-likeness (QED) is 0.731. The van der Waals surface area contributed by atoms with Crippen LogP contribution < -0.4 is 0 Å². The second-order valence-electron chi connectivity index (χ2n) is 5.27. The van der Waals surface area contributed by atoms with Gasteiger partial charge in [-0.05, 0) is 27.7 Å². The molecule has 23 heavy (non-hydrogen) atoms. The molecule has 0 unspecified atom stereocenters. The molecule has 1 heterocycles. The molecule has 1 amide bonds. The Morgan fingerprint density at radius 3 is 2.35 bits per heavy atom. The van der Waals surface area contributed by atoms with Crippen molar-refractivity contribution in [1.29, 1.82) is 0 Å². The van der Waals surface area contributed by atoms with E-state index in [0.29, 0.717) is 5.75 Å². The number of hydrogen-bond acceptors (Lipinski definition) is 4. The fourth-order valence-corrected chi connectivity index (χ4v) is 3.30. The standard InChI is InChI=1S/C17H24N4OS/c1-5-20(6-2)15(22)12-23-17-19-18-16(21(17)7-3)14-10-8-13(4)9-11-14/h8-11H,5-7,12H2,1-4H3. The van der Waals surface area contributed by atoms with E-state index in [0.717, 1.165) is 36.2 Å². The van der Waals surface area contributed by atoms with E-state index >= 15 is 0 Å². The molecule has 6 heteroatoms. The molecule has 0 radical (unpaired) electrons. The molecular formula is C17H24N4OS. The lowest BCUT2D eigenvalue weighted by Gasteiger charge is -2.18. The summed E-state index contributed by atoms with van der Waals surface area (Å²) in [5, 5.41) is 9.39. The van der Waals surface area contributed by atoms with Crippen LogP contribution >= 0.6 is 11.8 Å². The summed E-state index contributed by atoms with van der Waals surface area (Å²) in [4.78, 5) is 14.0. The van der Waals surface area contributed by atoms with E-state index in [1.54, 1.807) is 0 Å². The number of carbonyl (C=O) groups is 1. The third kappa shape index (κ3) is 4.13. The highest BCUT2D eigenvalue weighted by atomic mass is 32.2. The van der Waals surface area contributed by atoms with Gasteiger partial charge >= 0.3 is 0 Å². The Morgan fingerprint density at radius 2 is 1.78 bits per heavy atom. The van der Waals surface area contributed by atoms with E-state index in [9.17, 15) is 4.79 Å². The Kier molecular flexibility index (Phi) is 6.21. The van der Waals surface area contributed by atoms with Gasteiger partial charge in [-0.1, -0.05) is 41.6 Å². The summed E-state index contributed by atoms with van der Waals surface area (Å²) in [5.74, 6) is 1.39. The molecule has 2 aromatic rings. The Morgan fingerprint density at radius 1 is 1.13 bits per heavy atom. The van der Waals surface area contributed by atoms with Crippen LogP contribution in [0, 0.1) is 6.92 Å². The van der Waals surface area contributed by atoms with Gasteiger partial charge in [0.1, 0.15) is 0 Å². The molecule has 0 aliphatic heterocycles. The summed E-state index contributed by atoms with van der Waals surface area (Å²) < 4.78 is 2.06. The van der Waals surface area contributed by atoms with E-state index < -0.39 is 0 Å². The first-order chi connectivity index (χ1) is 11.1. The third-order valence-electron chi connectivity index (χ3n) is 3.78. The van der Waals surface area contributed by atoms with E-state index in [1.165, 1.54) is 17.3 Å². The predicted octanol–water partition coefficient (Wildman–Crippen LogP) is 3.23. The molecule has 0 N–H and O–H groups in total. The minimum atomic E-state index is 0.141. The van der Waals surface area contributed by atoms with E-state index in [4.69, 9.17) is 0 Å². The van der Waals surface area contributed by atoms with E-state index in [1.807, 2.05) is 18.7 Å². The Balaban J connectivity index is 2.15. The van der Waals surface area contributed by atoms with Crippen LogP contribution in [0.4, 0.5) is 0 Å². The monoisotopic (exact) mass is 332 g/mol. The highest BCUT2D eigenvalue weighted by Crippen LogP contribution is 2.24. The first-order valence-electron chi connectivity index (χ1n) is 8.01. The molecule has 0 aliphatic rings. The zero-order chi connectivity index (χ0) is 16.8. The van der Waals surface area contributed by atoms with Gasteiger partial charge in [0.2, 0.25) is 5.91 Å². The molecular weight excluding hydrogens is 308 g/mol. The van der Waals surface area contributed by atoms with Crippen molar-refractivity contribution >= 4 is 17.7 Å². The SMILES string of the molecule is CCN(CC)C(=O)CSc1nnc(-c2ccc(C)cc2)n1CC. The summed E-state index contributed by atoms with van der Waals surface area (Å²) in [6.45, 7) is 10.4. The fraction of sp³-hybridized carbons (Fsp3) is 0.471. The molecule has 1 aromatic heterocycles. The van der Waals surface area contributed by atoms with Gasteiger partial charge in [-0.3, -0.25) is 4.79 Å². The van der Waals surface area contributed by atoms with E-state index in [-0.39, 0.29) is 5.91 Å². The Bertz CT molecular complexity index is 647. The van der Waals surface area contributed by atoms with Crippen LogP contribution in [0.15, 0.2) is 29.4 Å². The minimum Gasteiger partial charge on any atom is -0.343 e. The Hall–Kier alpha value is -1.82. The van der Waals surface area contributed by atoms with Crippen molar-refractivity contribution in [3.63, 3.8) is 0 Å². The van der Waals surface area contributed by atoms with Gasteiger partial charge in [0.15, 0.2) is 11.0 Å². The summed E-state index contributed by atoms with van der Waals surface area (Å²) in [6.07, 6.45) is 0. The highest BCUT2D eigenvalue weighted by Gasteiger charge is 2.16. The maximum absolute atomic E-state index is 12.1. The van der Waals surface area contributed by atoms with Crippen molar-refractivity contribution in [2.24, 2.45) is 0 Å². The number of aryl methyl sites for hydroxylation is 1. The number of amides is 1. The largest absolute Gasteiger partial charge is 0.343 e. The summed E-state index contributed by atoms with van der Waals surface area (Å²) >= 11 is 1.46. The highest BCUT2D eigenvalue weighted by molar-refractivity contribution is 7.99. The van der Waals surface area contributed by atoms with Crippen LogP contribution in [0.3, 0.4) is 0 Å². The number of thioether (sulfide) groups is 1. The van der Waals surface area contributed by atoms with Crippen molar-refractivity contribution < 1.29 is 4.79 Å². The van der Waals surface area contributed by atoms with Crippen LogP contribution in [-0.4, -0.2) is 44.4 Å². The maximum Gasteiger partial charge on any atom is 0.233 e. The number of carbonyl (C=O) groups excluding carboxylic acids is 1. The van der Waals surface area contributed by atoms with Crippen LogP contribution in [-0.2, 0) is 11.3 Å². The van der Waals surface area contributed by atoms with Crippen molar-refractivity contribution in [2.45, 2.75) is 39.4 Å². The lowest BCUT2D eigenvalue weighted by molar-refractivity contribution is -0.127. The third-order valence-corrected chi connectivity index (χ3v) is 4.74. The molecule has 0 bridgehead atoms. The average Bonchev–Trinajstić information content (AvgIpc) is 2.97. The van der Waals surface area contributed by atoms with Gasteiger partial charge in [-0.2, -0.15) is 0 Å². The first-order valence-corrected chi connectivity index (χ1v) is 9.00. The molecule has 0 saturated heterocycles. The number of rotatable bonds is 7. The molecule has 124 valence electrons. The predicted molar refractivity (Wildman–Crippen MR) is 94.5 cm³/mol. The molecule has 0 aliphatic carbocycles. The van der Waals surface area contributed by atoms with Crippen LogP contribution in [0.5, 0.6) is 0 Å². The van der Waals surface area contributed by atoms with Gasteiger partial charge in [-0.15, -0.1) is 10.2 Å². The zero-order valence-corrected chi connectivity index (χ0v) is 15.1. The number of hydrogen-bond donors (Lipinski definition) is 0. The van der Waals surface area contributed by atoms with Crippen LogP contribution in [0.2, 0.25) is 0 Å². The Labute approximate surface area is 142 Å². The second-order valence-corrected chi connectivity index (χ2v) is 6.21. The van der Waals surface area contributed by atoms with Crippen molar-refractivity contribution in [3.8, 4) is 11.4 Å². The fourth-order valence-electron chi connectivity index (χ4n) is 2.39. The minimum absolute atomic E-state index is 0.141. The average molecular weight is 332 g/mol. The topological polar surface area (TPSA) is 51.0 Å². The maximum atomic E-state index is 12.1. The van der Waals surface area contributed by atoms with Crippen LogP contribution in [0.1, 0.15) is 26.3 Å². The van der Waals surface area contributed by atoms with Crippen molar-refractivity contribution in [1.82, 2.24) is 19.7 Å². The normalized spacial score (nSPS) is 10.8.